The van der Waals surface area contributed by atoms with E-state index in [1.54, 1.807) is 4.90 Å². The molecule has 0 aliphatic carbocycles. The second-order valence-corrected chi connectivity index (χ2v) is 6.20. The minimum atomic E-state index is -0.455. The number of benzene rings is 1. The van der Waals surface area contributed by atoms with Crippen LogP contribution in [0.3, 0.4) is 0 Å². The first-order chi connectivity index (χ1) is 8.77. The topological polar surface area (TPSA) is 38.8 Å². The third-order valence-electron chi connectivity index (χ3n) is 2.81. The van der Waals surface area contributed by atoms with Crippen molar-refractivity contribution in [1.29, 1.82) is 0 Å². The number of rotatable bonds is 2. The molecule has 1 aromatic rings. The summed E-state index contributed by atoms with van der Waals surface area (Å²) >= 11 is 0. The van der Waals surface area contributed by atoms with Crippen LogP contribution >= 0.6 is 0 Å². The number of amides is 1. The zero-order valence-electron chi connectivity index (χ0n) is 12.0. The van der Waals surface area contributed by atoms with Gasteiger partial charge in [-0.1, -0.05) is 18.2 Å². The first kappa shape index (κ1) is 13.7. The minimum absolute atomic E-state index is 0.276. The van der Waals surface area contributed by atoms with Gasteiger partial charge in [-0.15, -0.1) is 0 Å². The molecule has 1 aliphatic heterocycles. The minimum Gasteiger partial charge on any atom is -0.484 e. The van der Waals surface area contributed by atoms with Crippen LogP contribution in [0.4, 0.5) is 4.79 Å². The van der Waals surface area contributed by atoms with Crippen LogP contribution in [0.2, 0.25) is 0 Å². The maximum absolute atomic E-state index is 11.8. The van der Waals surface area contributed by atoms with E-state index in [9.17, 15) is 4.79 Å². The molecule has 1 fully saturated rings. The molecule has 4 heteroatoms. The highest BCUT2D eigenvalue weighted by Crippen LogP contribution is 2.28. The predicted molar refractivity (Wildman–Crippen MR) is 73.3 cm³/mol. The van der Waals surface area contributed by atoms with Crippen molar-refractivity contribution < 1.29 is 14.3 Å². The lowest BCUT2D eigenvalue weighted by molar-refractivity contribution is -0.0711. The second kappa shape index (κ2) is 4.76. The fourth-order valence-corrected chi connectivity index (χ4v) is 2.05. The molecule has 0 unspecified atom stereocenters. The maximum Gasteiger partial charge on any atom is 0.410 e. The van der Waals surface area contributed by atoms with E-state index in [2.05, 4.69) is 0 Å². The molecule has 0 bridgehead atoms. The van der Waals surface area contributed by atoms with E-state index in [-0.39, 0.29) is 11.7 Å². The predicted octanol–water partition coefficient (Wildman–Crippen LogP) is 3.07. The van der Waals surface area contributed by atoms with Gasteiger partial charge >= 0.3 is 6.09 Å². The molecular formula is C15H21NO3. The Balaban J connectivity index is 1.86. The number of ether oxygens (including phenoxy) is 2. The smallest absolute Gasteiger partial charge is 0.410 e. The van der Waals surface area contributed by atoms with Crippen LogP contribution in [0, 0.1) is 0 Å². The fourth-order valence-electron chi connectivity index (χ4n) is 2.05. The number of hydrogen-bond acceptors (Lipinski definition) is 3. The van der Waals surface area contributed by atoms with Gasteiger partial charge in [-0.25, -0.2) is 4.79 Å². The largest absolute Gasteiger partial charge is 0.484 e. The quantitative estimate of drug-likeness (QED) is 0.823. The van der Waals surface area contributed by atoms with Crippen LogP contribution < -0.4 is 4.74 Å². The molecule has 0 saturated carbocycles. The van der Waals surface area contributed by atoms with Gasteiger partial charge in [0.15, 0.2) is 0 Å². The number of para-hydroxylation sites is 1. The fraction of sp³-hybridized carbons (Fsp3) is 0.533. The van der Waals surface area contributed by atoms with Gasteiger partial charge in [-0.05, 0) is 39.8 Å². The average molecular weight is 263 g/mol. The molecule has 1 saturated heterocycles. The summed E-state index contributed by atoms with van der Waals surface area (Å²) in [4.78, 5) is 13.5. The van der Waals surface area contributed by atoms with Gasteiger partial charge in [-0.2, -0.15) is 0 Å². The third kappa shape index (κ3) is 3.63. The molecule has 104 valence electrons. The van der Waals surface area contributed by atoms with Crippen LogP contribution in [0.15, 0.2) is 30.3 Å². The molecule has 0 N–H and O–H groups in total. The molecule has 0 atom stereocenters. The van der Waals surface area contributed by atoms with E-state index in [1.165, 1.54) is 0 Å². The summed E-state index contributed by atoms with van der Waals surface area (Å²) in [6.07, 6.45) is -0.276. The van der Waals surface area contributed by atoms with Gasteiger partial charge in [0, 0.05) is 0 Å². The Morgan fingerprint density at radius 2 is 1.79 bits per heavy atom. The van der Waals surface area contributed by atoms with Crippen molar-refractivity contribution in [1.82, 2.24) is 4.90 Å². The summed E-state index contributed by atoms with van der Waals surface area (Å²) in [5.41, 5.74) is -0.776. The molecular weight excluding hydrogens is 242 g/mol. The Morgan fingerprint density at radius 1 is 1.21 bits per heavy atom. The van der Waals surface area contributed by atoms with Gasteiger partial charge in [0.1, 0.15) is 17.0 Å². The van der Waals surface area contributed by atoms with E-state index in [0.29, 0.717) is 13.1 Å². The zero-order valence-corrected chi connectivity index (χ0v) is 12.0. The highest BCUT2D eigenvalue weighted by Gasteiger charge is 2.45. The summed E-state index contributed by atoms with van der Waals surface area (Å²) in [6.45, 7) is 8.70. The van der Waals surface area contributed by atoms with Gasteiger partial charge in [0.05, 0.1) is 13.1 Å². The second-order valence-electron chi connectivity index (χ2n) is 6.20. The van der Waals surface area contributed by atoms with Crippen LogP contribution in [0.5, 0.6) is 5.75 Å². The van der Waals surface area contributed by atoms with Crippen LogP contribution in [-0.2, 0) is 4.74 Å². The number of hydrogen-bond donors (Lipinski definition) is 0. The van der Waals surface area contributed by atoms with Crippen molar-refractivity contribution in [2.45, 2.75) is 38.9 Å². The van der Waals surface area contributed by atoms with Gasteiger partial charge < -0.3 is 14.4 Å². The molecule has 0 aromatic heterocycles. The monoisotopic (exact) mass is 263 g/mol. The highest BCUT2D eigenvalue weighted by molar-refractivity contribution is 5.69. The number of nitrogens with zero attached hydrogens (tertiary/aromatic N) is 1. The van der Waals surface area contributed by atoms with E-state index in [0.717, 1.165) is 5.75 Å². The Bertz CT molecular complexity index is 444. The first-order valence-corrected chi connectivity index (χ1v) is 6.49. The van der Waals surface area contributed by atoms with E-state index in [1.807, 2.05) is 58.0 Å². The summed E-state index contributed by atoms with van der Waals surface area (Å²) in [5.74, 6) is 0.828. The maximum atomic E-state index is 11.8. The van der Waals surface area contributed by atoms with E-state index in [4.69, 9.17) is 9.47 Å². The standard InChI is InChI=1S/C15H21NO3/c1-14(2,3)19-13(17)16-10-15(4,11-16)18-12-8-6-5-7-9-12/h5-9H,10-11H2,1-4H3. The van der Waals surface area contributed by atoms with Crippen LogP contribution in [-0.4, -0.2) is 35.3 Å². The molecule has 0 radical (unpaired) electrons. The SMILES string of the molecule is CC(C)(C)OC(=O)N1CC(C)(Oc2ccccc2)C1. The lowest BCUT2D eigenvalue weighted by atomic mass is 9.97. The van der Waals surface area contributed by atoms with E-state index < -0.39 is 5.60 Å². The summed E-state index contributed by atoms with van der Waals surface area (Å²) in [7, 11) is 0. The zero-order chi connectivity index (χ0) is 14.1. The van der Waals surface area contributed by atoms with Crippen molar-refractivity contribution in [3.05, 3.63) is 30.3 Å². The van der Waals surface area contributed by atoms with Gasteiger partial charge in [-0.3, -0.25) is 0 Å². The summed E-state index contributed by atoms with van der Waals surface area (Å²) in [6, 6.07) is 9.65. The average Bonchev–Trinajstić information content (AvgIpc) is 2.24. The highest BCUT2D eigenvalue weighted by atomic mass is 16.6. The lowest BCUT2D eigenvalue weighted by Crippen LogP contribution is -2.65. The summed E-state index contributed by atoms with van der Waals surface area (Å²) < 4.78 is 11.2. The van der Waals surface area contributed by atoms with Gasteiger partial charge in [0.2, 0.25) is 0 Å². The van der Waals surface area contributed by atoms with Crippen LogP contribution in [0.25, 0.3) is 0 Å². The molecule has 2 rings (SSSR count). The Hall–Kier alpha value is -1.71. The molecule has 1 amide bonds. The van der Waals surface area contributed by atoms with Crippen molar-refractivity contribution >= 4 is 6.09 Å². The summed E-state index contributed by atoms with van der Waals surface area (Å²) in [5, 5.41) is 0. The molecule has 1 aliphatic rings. The molecule has 4 nitrogen and oxygen atoms in total. The number of carbonyl (C=O) groups excluding carboxylic acids is 1. The Kier molecular flexibility index (Phi) is 3.43. The van der Waals surface area contributed by atoms with Crippen molar-refractivity contribution in [2.24, 2.45) is 0 Å². The van der Waals surface area contributed by atoms with Gasteiger partial charge in [0.25, 0.3) is 0 Å². The molecule has 0 spiro atoms. The third-order valence-corrected chi connectivity index (χ3v) is 2.81. The van der Waals surface area contributed by atoms with Crippen molar-refractivity contribution in [3.63, 3.8) is 0 Å². The Morgan fingerprint density at radius 3 is 2.32 bits per heavy atom. The molecule has 1 heterocycles. The number of carbonyl (C=O) groups is 1. The van der Waals surface area contributed by atoms with E-state index >= 15 is 0 Å². The molecule has 19 heavy (non-hydrogen) atoms. The van der Waals surface area contributed by atoms with Crippen molar-refractivity contribution in [3.8, 4) is 5.75 Å². The lowest BCUT2D eigenvalue weighted by Gasteiger charge is -2.47. The first-order valence-electron chi connectivity index (χ1n) is 6.49. The van der Waals surface area contributed by atoms with Crippen molar-refractivity contribution in [2.75, 3.05) is 13.1 Å². The molecule has 1 aromatic carbocycles. The van der Waals surface area contributed by atoms with Crippen LogP contribution in [0.1, 0.15) is 27.7 Å². The normalized spacial score (nSPS) is 17.6. The number of likely N-dealkylation sites (tertiary alicyclic amines) is 1. The Labute approximate surface area is 114 Å².